The summed E-state index contributed by atoms with van der Waals surface area (Å²) in [4.78, 5) is 13.8. The number of hydrogen-bond donors (Lipinski definition) is 3. The van der Waals surface area contributed by atoms with E-state index < -0.39 is 5.75 Å². The molecule has 1 fully saturated rings. The van der Waals surface area contributed by atoms with Crippen molar-refractivity contribution in [2.75, 3.05) is 13.1 Å². The smallest absolute Gasteiger partial charge is 0.257 e. The molecule has 0 radical (unpaired) electrons. The molecule has 6 nitrogen and oxygen atoms in total. The Balaban J connectivity index is 2.19. The molecule has 6 heteroatoms. The van der Waals surface area contributed by atoms with Gasteiger partial charge in [-0.1, -0.05) is 18.1 Å². The molecule has 1 unspecified atom stereocenters. The van der Waals surface area contributed by atoms with Gasteiger partial charge in [-0.15, -0.1) is 0 Å². The lowest BCUT2D eigenvalue weighted by atomic mass is 9.97. The number of amides is 1. The largest absolute Gasteiger partial charge is 0.504 e. The molecule has 1 saturated heterocycles. The molecule has 1 aliphatic heterocycles. The van der Waals surface area contributed by atoms with Crippen LogP contribution >= 0.6 is 0 Å². The molecule has 1 amide bonds. The first-order chi connectivity index (χ1) is 9.04. The van der Waals surface area contributed by atoms with Crippen LogP contribution in [0.3, 0.4) is 0 Å². The van der Waals surface area contributed by atoms with Crippen LogP contribution < -0.4 is 0 Å². The molecule has 2 rings (SSSR count). The molecule has 1 aromatic carbocycles. The van der Waals surface area contributed by atoms with Gasteiger partial charge in [0.15, 0.2) is 11.5 Å². The van der Waals surface area contributed by atoms with Gasteiger partial charge in [0.2, 0.25) is 0 Å². The van der Waals surface area contributed by atoms with Crippen molar-refractivity contribution in [3.05, 3.63) is 23.8 Å². The molecule has 0 spiro atoms. The number of phenols is 2. The van der Waals surface area contributed by atoms with Crippen molar-refractivity contribution in [1.29, 1.82) is 0 Å². The van der Waals surface area contributed by atoms with Crippen LogP contribution in [0.2, 0.25) is 0 Å². The molecule has 0 aromatic heterocycles. The number of carbonyl (C=O) groups excluding carboxylic acids is 1. The molecule has 0 bridgehead atoms. The number of phenolic OH excluding ortho intramolecular Hbond substituents is 2. The zero-order chi connectivity index (χ0) is 14.0. The van der Waals surface area contributed by atoms with Crippen LogP contribution in [0, 0.1) is 5.92 Å². The number of benzene rings is 1. The second-order valence-electron chi connectivity index (χ2n) is 4.67. The fraction of sp³-hybridized carbons (Fsp3) is 0.385. The van der Waals surface area contributed by atoms with Crippen LogP contribution in [0.1, 0.15) is 23.7 Å². The van der Waals surface area contributed by atoms with E-state index in [0.717, 1.165) is 0 Å². The van der Waals surface area contributed by atoms with Gasteiger partial charge in [0.05, 0.1) is 11.3 Å². The van der Waals surface area contributed by atoms with Crippen LogP contribution in [0.25, 0.3) is 0 Å². The fourth-order valence-corrected chi connectivity index (χ4v) is 2.23. The monoisotopic (exact) mass is 264 g/mol. The van der Waals surface area contributed by atoms with E-state index in [9.17, 15) is 15.0 Å². The quantitative estimate of drug-likeness (QED) is 0.406. The number of para-hydroxylation sites is 1. The van der Waals surface area contributed by atoms with E-state index in [1.807, 2.05) is 6.92 Å². The third-order valence-corrected chi connectivity index (χ3v) is 3.36. The summed E-state index contributed by atoms with van der Waals surface area (Å²) in [6.45, 7) is 2.72. The predicted octanol–water partition coefficient (Wildman–Crippen LogP) is 1.41. The zero-order valence-corrected chi connectivity index (χ0v) is 10.6. The summed E-state index contributed by atoms with van der Waals surface area (Å²) in [5.41, 5.74) is 0.751. The van der Waals surface area contributed by atoms with Gasteiger partial charge >= 0.3 is 0 Å². The van der Waals surface area contributed by atoms with Gasteiger partial charge in [-0.25, -0.2) is 0 Å². The summed E-state index contributed by atoms with van der Waals surface area (Å²) in [5.74, 6) is -1.07. The normalized spacial score (nSPS) is 21.6. The fourth-order valence-electron chi connectivity index (χ4n) is 2.23. The Bertz CT molecular complexity index is 527. The van der Waals surface area contributed by atoms with Crippen molar-refractivity contribution < 1.29 is 20.2 Å². The van der Waals surface area contributed by atoms with Crippen LogP contribution in [-0.2, 0) is 0 Å². The molecule has 102 valence electrons. The maximum atomic E-state index is 12.3. The number of oxime groups is 1. The summed E-state index contributed by atoms with van der Waals surface area (Å²) >= 11 is 0. The highest BCUT2D eigenvalue weighted by Crippen LogP contribution is 2.30. The van der Waals surface area contributed by atoms with Crippen molar-refractivity contribution in [3.63, 3.8) is 0 Å². The van der Waals surface area contributed by atoms with Gasteiger partial charge in [-0.05, 0) is 12.1 Å². The topological polar surface area (TPSA) is 93.4 Å². The Hall–Kier alpha value is -2.24. The molecule has 0 aliphatic carbocycles. The molecule has 0 saturated carbocycles. The second-order valence-corrected chi connectivity index (χ2v) is 4.67. The van der Waals surface area contributed by atoms with E-state index in [2.05, 4.69) is 5.16 Å². The maximum absolute atomic E-state index is 12.3. The summed E-state index contributed by atoms with van der Waals surface area (Å²) < 4.78 is 0. The van der Waals surface area contributed by atoms with Crippen LogP contribution in [0.4, 0.5) is 0 Å². The van der Waals surface area contributed by atoms with E-state index in [0.29, 0.717) is 25.2 Å². The second kappa shape index (κ2) is 5.17. The van der Waals surface area contributed by atoms with Crippen molar-refractivity contribution >= 4 is 11.6 Å². The summed E-state index contributed by atoms with van der Waals surface area (Å²) in [5, 5.41) is 31.1. The minimum atomic E-state index is -0.401. The van der Waals surface area contributed by atoms with Gasteiger partial charge in [0.25, 0.3) is 5.91 Å². The number of carbonyl (C=O) groups is 1. The Labute approximate surface area is 110 Å². The average Bonchev–Trinajstić information content (AvgIpc) is 2.41. The first-order valence-electron chi connectivity index (χ1n) is 6.05. The van der Waals surface area contributed by atoms with Gasteiger partial charge in [-0.2, -0.15) is 0 Å². The third kappa shape index (κ3) is 2.47. The van der Waals surface area contributed by atoms with E-state index >= 15 is 0 Å². The number of nitrogens with zero attached hydrogens (tertiary/aromatic N) is 2. The minimum absolute atomic E-state index is 0.0258. The Kier molecular flexibility index (Phi) is 3.59. The van der Waals surface area contributed by atoms with Crippen molar-refractivity contribution in [3.8, 4) is 11.5 Å². The van der Waals surface area contributed by atoms with E-state index in [-0.39, 0.29) is 23.1 Å². The molecule has 3 N–H and O–H groups in total. The highest BCUT2D eigenvalue weighted by Gasteiger charge is 2.28. The number of aromatic hydroxyl groups is 2. The van der Waals surface area contributed by atoms with Crippen molar-refractivity contribution in [2.45, 2.75) is 13.3 Å². The number of likely N-dealkylation sites (tertiary alicyclic amines) is 1. The molecule has 1 aromatic rings. The predicted molar refractivity (Wildman–Crippen MR) is 68.7 cm³/mol. The maximum Gasteiger partial charge on any atom is 0.257 e. The first kappa shape index (κ1) is 13.2. The Morgan fingerprint density at radius 1 is 1.42 bits per heavy atom. The van der Waals surface area contributed by atoms with Crippen LogP contribution in [0.15, 0.2) is 23.4 Å². The molecule has 1 atom stereocenters. The van der Waals surface area contributed by atoms with E-state index in [1.165, 1.54) is 18.2 Å². The van der Waals surface area contributed by atoms with Gasteiger partial charge in [0.1, 0.15) is 0 Å². The minimum Gasteiger partial charge on any atom is -0.504 e. The lowest BCUT2D eigenvalue weighted by Crippen LogP contribution is -2.43. The number of piperidine rings is 1. The Morgan fingerprint density at radius 2 is 2.16 bits per heavy atom. The number of hydrogen-bond acceptors (Lipinski definition) is 5. The lowest BCUT2D eigenvalue weighted by Gasteiger charge is -2.31. The van der Waals surface area contributed by atoms with Crippen molar-refractivity contribution in [2.24, 2.45) is 11.1 Å². The van der Waals surface area contributed by atoms with Crippen LogP contribution in [0.5, 0.6) is 11.5 Å². The Morgan fingerprint density at radius 3 is 2.79 bits per heavy atom. The summed E-state index contributed by atoms with van der Waals surface area (Å²) in [6, 6.07) is 4.30. The lowest BCUT2D eigenvalue weighted by molar-refractivity contribution is 0.0730. The average molecular weight is 264 g/mol. The molecule has 1 heterocycles. The number of rotatable bonds is 1. The highest BCUT2D eigenvalue weighted by molar-refractivity contribution is 5.99. The van der Waals surface area contributed by atoms with Gasteiger partial charge in [-0.3, -0.25) is 4.79 Å². The third-order valence-electron chi connectivity index (χ3n) is 3.36. The standard InChI is InChI=1S/C13H16N2O4/c1-8-7-15(6-5-10(8)14-19)13(18)9-3-2-4-11(16)12(9)17/h2-4,8,16-17,19H,5-7H2,1H3/b14-10+. The highest BCUT2D eigenvalue weighted by atomic mass is 16.4. The van der Waals surface area contributed by atoms with E-state index in [4.69, 9.17) is 5.21 Å². The molecular weight excluding hydrogens is 248 g/mol. The van der Waals surface area contributed by atoms with Crippen molar-refractivity contribution in [1.82, 2.24) is 4.90 Å². The SMILES string of the molecule is CC1CN(C(=O)c2cccc(O)c2O)CC/C1=N\O. The molecular formula is C13H16N2O4. The summed E-state index contributed by atoms with van der Waals surface area (Å²) in [7, 11) is 0. The molecule has 19 heavy (non-hydrogen) atoms. The molecule has 1 aliphatic rings. The summed E-state index contributed by atoms with van der Waals surface area (Å²) in [6.07, 6.45) is 0.503. The first-order valence-corrected chi connectivity index (χ1v) is 6.05. The van der Waals surface area contributed by atoms with E-state index in [1.54, 1.807) is 4.90 Å². The van der Waals surface area contributed by atoms with Crippen LogP contribution in [-0.4, -0.2) is 45.0 Å². The van der Waals surface area contributed by atoms with Gasteiger partial charge in [0, 0.05) is 25.4 Å². The van der Waals surface area contributed by atoms with Gasteiger partial charge < -0.3 is 20.3 Å². The zero-order valence-electron chi connectivity index (χ0n) is 10.6.